The van der Waals surface area contributed by atoms with Gasteiger partial charge in [0.1, 0.15) is 0 Å². The summed E-state index contributed by atoms with van der Waals surface area (Å²) < 4.78 is 0. The standard InChI is InChI=1S/C17H31N3O/c1-13-11-19-8-3-2-7-16(19)12-20(13)17(21)10-14-5-4-6-15(18)9-14/h13-16H,2-12,18H2,1H3. The van der Waals surface area contributed by atoms with Gasteiger partial charge < -0.3 is 10.6 Å². The van der Waals surface area contributed by atoms with Crippen LogP contribution in [0, 0.1) is 5.92 Å². The lowest BCUT2D eigenvalue weighted by Gasteiger charge is -2.47. The summed E-state index contributed by atoms with van der Waals surface area (Å²) >= 11 is 0. The van der Waals surface area contributed by atoms with Gasteiger partial charge in [0.05, 0.1) is 0 Å². The van der Waals surface area contributed by atoms with Gasteiger partial charge in [0, 0.05) is 37.6 Å². The first-order valence-electron chi connectivity index (χ1n) is 8.92. The second-order valence-corrected chi connectivity index (χ2v) is 7.54. The van der Waals surface area contributed by atoms with Gasteiger partial charge in [-0.2, -0.15) is 0 Å². The molecule has 1 aliphatic carbocycles. The normalized spacial score (nSPS) is 38.1. The van der Waals surface area contributed by atoms with Gasteiger partial charge in [-0.15, -0.1) is 0 Å². The molecule has 0 aromatic rings. The predicted molar refractivity (Wildman–Crippen MR) is 84.9 cm³/mol. The number of carbonyl (C=O) groups excluding carboxylic acids is 1. The van der Waals surface area contributed by atoms with E-state index < -0.39 is 0 Å². The Labute approximate surface area is 129 Å². The number of hydrogen-bond donors (Lipinski definition) is 1. The molecule has 0 aromatic carbocycles. The number of amides is 1. The Bertz CT molecular complexity index is 373. The molecule has 4 unspecified atom stereocenters. The molecule has 3 aliphatic rings. The molecule has 0 aromatic heterocycles. The van der Waals surface area contributed by atoms with E-state index in [9.17, 15) is 4.79 Å². The van der Waals surface area contributed by atoms with Crippen LogP contribution in [0.5, 0.6) is 0 Å². The quantitative estimate of drug-likeness (QED) is 0.847. The Hall–Kier alpha value is -0.610. The fourth-order valence-electron chi connectivity index (χ4n) is 4.58. The third-order valence-corrected chi connectivity index (χ3v) is 5.79. The van der Waals surface area contributed by atoms with Crippen LogP contribution in [0.1, 0.15) is 58.3 Å². The molecule has 0 radical (unpaired) electrons. The summed E-state index contributed by atoms with van der Waals surface area (Å²) in [6, 6.07) is 1.32. The molecule has 21 heavy (non-hydrogen) atoms. The average Bonchev–Trinajstić information content (AvgIpc) is 2.46. The fraction of sp³-hybridized carbons (Fsp3) is 0.941. The van der Waals surface area contributed by atoms with Crippen LogP contribution < -0.4 is 5.73 Å². The topological polar surface area (TPSA) is 49.6 Å². The van der Waals surface area contributed by atoms with Crippen LogP contribution >= 0.6 is 0 Å². The number of nitrogens with zero attached hydrogens (tertiary/aromatic N) is 2. The minimum atomic E-state index is 0.323. The van der Waals surface area contributed by atoms with E-state index in [1.807, 2.05) is 0 Å². The summed E-state index contributed by atoms with van der Waals surface area (Å²) in [5.41, 5.74) is 6.06. The minimum Gasteiger partial charge on any atom is -0.337 e. The third kappa shape index (κ3) is 3.59. The lowest BCUT2D eigenvalue weighted by Crippen LogP contribution is -2.60. The Morgan fingerprint density at radius 3 is 2.81 bits per heavy atom. The Morgan fingerprint density at radius 2 is 2.00 bits per heavy atom. The number of carbonyl (C=O) groups is 1. The number of piperazine rings is 1. The van der Waals surface area contributed by atoms with E-state index in [0.717, 1.165) is 32.4 Å². The van der Waals surface area contributed by atoms with E-state index in [4.69, 9.17) is 5.73 Å². The molecule has 2 saturated heterocycles. The molecule has 120 valence electrons. The van der Waals surface area contributed by atoms with E-state index in [1.165, 1.54) is 38.6 Å². The lowest BCUT2D eigenvalue weighted by molar-refractivity contribution is -0.139. The first-order valence-corrected chi connectivity index (χ1v) is 8.92. The zero-order valence-corrected chi connectivity index (χ0v) is 13.5. The van der Waals surface area contributed by atoms with Crippen molar-refractivity contribution in [1.29, 1.82) is 0 Å². The first kappa shape index (κ1) is 15.3. The second kappa shape index (κ2) is 6.66. The monoisotopic (exact) mass is 293 g/mol. The van der Waals surface area contributed by atoms with Crippen molar-refractivity contribution >= 4 is 5.91 Å². The van der Waals surface area contributed by atoms with Crippen LogP contribution in [0.4, 0.5) is 0 Å². The van der Waals surface area contributed by atoms with Gasteiger partial charge in [0.25, 0.3) is 0 Å². The number of rotatable bonds is 2. The van der Waals surface area contributed by atoms with Crippen molar-refractivity contribution in [2.75, 3.05) is 19.6 Å². The van der Waals surface area contributed by atoms with Gasteiger partial charge in [-0.25, -0.2) is 0 Å². The Morgan fingerprint density at radius 1 is 1.14 bits per heavy atom. The average molecular weight is 293 g/mol. The van der Waals surface area contributed by atoms with Crippen molar-refractivity contribution in [3.63, 3.8) is 0 Å². The highest BCUT2D eigenvalue weighted by atomic mass is 16.2. The maximum Gasteiger partial charge on any atom is 0.223 e. The first-order chi connectivity index (χ1) is 10.1. The van der Waals surface area contributed by atoms with Crippen LogP contribution in [-0.2, 0) is 4.79 Å². The predicted octanol–water partition coefficient (Wildman–Crippen LogP) is 1.98. The van der Waals surface area contributed by atoms with Crippen LogP contribution in [0.2, 0.25) is 0 Å². The SMILES string of the molecule is CC1CN2CCCCC2CN1C(=O)CC1CCCC(N)C1. The largest absolute Gasteiger partial charge is 0.337 e. The Balaban J connectivity index is 1.56. The summed E-state index contributed by atoms with van der Waals surface area (Å²) in [6.45, 7) is 5.48. The smallest absolute Gasteiger partial charge is 0.223 e. The highest BCUT2D eigenvalue weighted by Gasteiger charge is 2.35. The van der Waals surface area contributed by atoms with Crippen molar-refractivity contribution in [2.45, 2.75) is 76.4 Å². The summed E-state index contributed by atoms with van der Waals surface area (Å²) in [4.78, 5) is 17.5. The van der Waals surface area contributed by atoms with Gasteiger partial charge in [0.2, 0.25) is 5.91 Å². The highest BCUT2D eigenvalue weighted by molar-refractivity contribution is 5.77. The summed E-state index contributed by atoms with van der Waals surface area (Å²) in [5.74, 6) is 0.907. The minimum absolute atomic E-state index is 0.323. The molecule has 2 N–H and O–H groups in total. The van der Waals surface area contributed by atoms with E-state index >= 15 is 0 Å². The van der Waals surface area contributed by atoms with Gasteiger partial charge in [-0.05, 0) is 51.5 Å². The Kier molecular flexibility index (Phi) is 4.85. The van der Waals surface area contributed by atoms with Crippen molar-refractivity contribution in [3.05, 3.63) is 0 Å². The maximum absolute atomic E-state index is 12.7. The molecule has 2 heterocycles. The number of nitrogens with two attached hydrogens (primary N) is 1. The molecule has 4 nitrogen and oxygen atoms in total. The van der Waals surface area contributed by atoms with Crippen LogP contribution in [-0.4, -0.2) is 53.5 Å². The number of fused-ring (bicyclic) bond motifs is 1. The van der Waals surface area contributed by atoms with Crippen LogP contribution in [0.15, 0.2) is 0 Å². The molecular weight excluding hydrogens is 262 g/mol. The van der Waals surface area contributed by atoms with Crippen molar-refractivity contribution in [1.82, 2.24) is 9.80 Å². The molecule has 3 fully saturated rings. The van der Waals surface area contributed by atoms with E-state index in [2.05, 4.69) is 16.7 Å². The van der Waals surface area contributed by atoms with Crippen molar-refractivity contribution in [2.24, 2.45) is 11.7 Å². The molecule has 0 spiro atoms. The third-order valence-electron chi connectivity index (χ3n) is 5.79. The van der Waals surface area contributed by atoms with Crippen LogP contribution in [0.3, 0.4) is 0 Å². The van der Waals surface area contributed by atoms with Gasteiger partial charge in [-0.1, -0.05) is 12.8 Å². The van der Waals surface area contributed by atoms with Gasteiger partial charge in [0.15, 0.2) is 0 Å². The van der Waals surface area contributed by atoms with Crippen LogP contribution in [0.25, 0.3) is 0 Å². The zero-order valence-electron chi connectivity index (χ0n) is 13.5. The molecule has 1 saturated carbocycles. The lowest BCUT2D eigenvalue weighted by atomic mass is 9.83. The van der Waals surface area contributed by atoms with Crippen molar-refractivity contribution < 1.29 is 4.79 Å². The fourth-order valence-corrected chi connectivity index (χ4v) is 4.58. The van der Waals surface area contributed by atoms with E-state index in [-0.39, 0.29) is 0 Å². The highest BCUT2D eigenvalue weighted by Crippen LogP contribution is 2.29. The molecule has 4 atom stereocenters. The van der Waals surface area contributed by atoms with E-state index in [0.29, 0.717) is 30.0 Å². The summed E-state index contributed by atoms with van der Waals surface area (Å²) in [6.07, 6.45) is 9.23. The maximum atomic E-state index is 12.7. The molecule has 2 aliphatic heterocycles. The molecule has 4 heteroatoms. The van der Waals surface area contributed by atoms with Gasteiger partial charge in [-0.3, -0.25) is 9.69 Å². The number of piperidine rings is 1. The molecular formula is C17H31N3O. The molecule has 1 amide bonds. The summed E-state index contributed by atoms with van der Waals surface area (Å²) in [5, 5.41) is 0. The molecule has 0 bridgehead atoms. The summed E-state index contributed by atoms with van der Waals surface area (Å²) in [7, 11) is 0. The molecule has 3 rings (SSSR count). The second-order valence-electron chi connectivity index (χ2n) is 7.54. The van der Waals surface area contributed by atoms with Crippen molar-refractivity contribution in [3.8, 4) is 0 Å². The van der Waals surface area contributed by atoms with E-state index in [1.54, 1.807) is 0 Å². The van der Waals surface area contributed by atoms with Gasteiger partial charge >= 0.3 is 0 Å². The zero-order chi connectivity index (χ0) is 14.8. The number of hydrogen-bond acceptors (Lipinski definition) is 3.